The van der Waals surface area contributed by atoms with Gasteiger partial charge in [0.1, 0.15) is 5.76 Å². The summed E-state index contributed by atoms with van der Waals surface area (Å²) in [7, 11) is 0. The quantitative estimate of drug-likeness (QED) is 0.436. The van der Waals surface area contributed by atoms with Gasteiger partial charge in [-0.05, 0) is 79.7 Å². The van der Waals surface area contributed by atoms with Crippen molar-refractivity contribution in [2.75, 3.05) is 0 Å². The fourth-order valence-corrected chi connectivity index (χ4v) is 4.83. The van der Waals surface area contributed by atoms with Gasteiger partial charge in [0.25, 0.3) is 0 Å². The second kappa shape index (κ2) is 8.59. The van der Waals surface area contributed by atoms with E-state index in [1.165, 1.54) is 22.5 Å². The smallest absolute Gasteiger partial charge is 0.170 e. The Bertz CT molecular complexity index is 1200. The first-order chi connectivity index (χ1) is 15.6. The van der Waals surface area contributed by atoms with E-state index >= 15 is 0 Å². The van der Waals surface area contributed by atoms with E-state index in [0.29, 0.717) is 11.7 Å². The predicted octanol–water partition coefficient (Wildman–Crippen LogP) is 4.71. The van der Waals surface area contributed by atoms with Crippen LogP contribution in [-0.4, -0.2) is 24.5 Å². The molecule has 32 heavy (non-hydrogen) atoms. The van der Waals surface area contributed by atoms with Crippen molar-refractivity contribution in [1.29, 1.82) is 0 Å². The maximum Gasteiger partial charge on any atom is 0.170 e. The van der Waals surface area contributed by atoms with Gasteiger partial charge >= 0.3 is 0 Å². The minimum Gasteiger partial charge on any atom is -0.467 e. The summed E-state index contributed by atoms with van der Waals surface area (Å²) in [6.45, 7) is 5.74. The number of nitrogens with one attached hydrogen (secondary N) is 1. The highest BCUT2D eigenvalue weighted by Crippen LogP contribution is 2.41. The third-order valence-electron chi connectivity index (χ3n) is 6.13. The molecule has 4 aromatic heterocycles. The first-order valence-corrected chi connectivity index (χ1v) is 11.1. The van der Waals surface area contributed by atoms with E-state index < -0.39 is 0 Å². The Kier molecular flexibility index (Phi) is 5.49. The molecule has 5 heterocycles. The van der Waals surface area contributed by atoms with Crippen molar-refractivity contribution >= 4 is 17.3 Å². The first kappa shape index (κ1) is 20.5. The molecule has 0 radical (unpaired) electrons. The summed E-state index contributed by atoms with van der Waals surface area (Å²) in [6.07, 6.45) is 7.21. The van der Waals surface area contributed by atoms with Crippen molar-refractivity contribution in [2.45, 2.75) is 39.0 Å². The van der Waals surface area contributed by atoms with E-state index in [2.05, 4.69) is 62.9 Å². The Morgan fingerprint density at radius 3 is 2.59 bits per heavy atom. The van der Waals surface area contributed by atoms with Gasteiger partial charge in [-0.3, -0.25) is 9.97 Å². The van der Waals surface area contributed by atoms with E-state index in [0.717, 1.165) is 18.0 Å². The van der Waals surface area contributed by atoms with Crippen LogP contribution in [0.15, 0.2) is 77.8 Å². The second-order valence-corrected chi connectivity index (χ2v) is 8.49. The van der Waals surface area contributed by atoms with Crippen molar-refractivity contribution in [2.24, 2.45) is 0 Å². The van der Waals surface area contributed by atoms with Gasteiger partial charge in [0.15, 0.2) is 5.11 Å². The molecule has 1 N–H and O–H groups in total. The molecule has 0 amide bonds. The highest BCUT2D eigenvalue weighted by atomic mass is 32.1. The molecule has 6 nitrogen and oxygen atoms in total. The number of hydrogen-bond donors (Lipinski definition) is 1. The molecule has 2 atom stereocenters. The topological polar surface area (TPSA) is 59.1 Å². The summed E-state index contributed by atoms with van der Waals surface area (Å²) in [5.74, 6) is 0.881. The predicted molar refractivity (Wildman–Crippen MR) is 127 cm³/mol. The molecular formula is C25H25N5OS. The minimum atomic E-state index is -0.0477. The molecule has 0 aromatic carbocycles. The number of furan rings is 1. The second-order valence-electron chi connectivity index (χ2n) is 8.10. The Labute approximate surface area is 192 Å². The van der Waals surface area contributed by atoms with Gasteiger partial charge in [-0.1, -0.05) is 6.07 Å². The van der Waals surface area contributed by atoms with Gasteiger partial charge in [0.05, 0.1) is 30.6 Å². The Hall–Kier alpha value is -3.45. The summed E-state index contributed by atoms with van der Waals surface area (Å²) in [4.78, 5) is 11.0. The van der Waals surface area contributed by atoms with Gasteiger partial charge in [-0.2, -0.15) is 0 Å². The van der Waals surface area contributed by atoms with Crippen molar-refractivity contribution in [3.05, 3.63) is 107 Å². The molecule has 0 aliphatic carbocycles. The lowest BCUT2D eigenvalue weighted by molar-refractivity contribution is 0.286. The zero-order valence-corrected chi connectivity index (χ0v) is 18.9. The highest BCUT2D eigenvalue weighted by molar-refractivity contribution is 7.80. The van der Waals surface area contributed by atoms with Crippen molar-refractivity contribution < 1.29 is 4.42 Å². The van der Waals surface area contributed by atoms with Crippen LogP contribution in [0.25, 0.3) is 0 Å². The molecule has 1 aliphatic heterocycles. The Morgan fingerprint density at radius 2 is 1.88 bits per heavy atom. The zero-order valence-electron chi connectivity index (χ0n) is 18.1. The summed E-state index contributed by atoms with van der Waals surface area (Å²) in [6, 6.07) is 16.3. The van der Waals surface area contributed by atoms with Crippen molar-refractivity contribution in [3.8, 4) is 0 Å². The summed E-state index contributed by atoms with van der Waals surface area (Å²) in [5.41, 5.74) is 5.88. The van der Waals surface area contributed by atoms with Gasteiger partial charge in [0, 0.05) is 36.5 Å². The van der Waals surface area contributed by atoms with Crippen LogP contribution in [0.1, 0.15) is 46.1 Å². The molecule has 7 heteroatoms. The van der Waals surface area contributed by atoms with Gasteiger partial charge < -0.3 is 19.2 Å². The van der Waals surface area contributed by atoms with E-state index in [4.69, 9.17) is 16.6 Å². The molecular weight excluding hydrogens is 418 g/mol. The summed E-state index contributed by atoms with van der Waals surface area (Å²) in [5, 5.41) is 4.23. The normalized spacial score (nSPS) is 18.2. The lowest BCUT2D eigenvalue weighted by Crippen LogP contribution is -2.29. The van der Waals surface area contributed by atoms with E-state index in [9.17, 15) is 0 Å². The van der Waals surface area contributed by atoms with Crippen molar-refractivity contribution in [1.82, 2.24) is 24.8 Å². The molecule has 1 fully saturated rings. The van der Waals surface area contributed by atoms with Crippen molar-refractivity contribution in [3.63, 3.8) is 0 Å². The van der Waals surface area contributed by atoms with Crippen LogP contribution in [-0.2, 0) is 13.1 Å². The van der Waals surface area contributed by atoms with Gasteiger partial charge in [0.2, 0.25) is 0 Å². The molecule has 5 rings (SSSR count). The lowest BCUT2D eigenvalue weighted by atomic mass is 9.96. The fourth-order valence-electron chi connectivity index (χ4n) is 4.53. The van der Waals surface area contributed by atoms with Crippen LogP contribution in [0.2, 0.25) is 0 Å². The maximum atomic E-state index is 5.79. The summed E-state index contributed by atoms with van der Waals surface area (Å²) < 4.78 is 8.01. The lowest BCUT2D eigenvalue weighted by Gasteiger charge is -2.27. The number of rotatable bonds is 6. The van der Waals surface area contributed by atoms with Crippen LogP contribution in [0, 0.1) is 13.8 Å². The van der Waals surface area contributed by atoms with Crippen LogP contribution >= 0.6 is 12.2 Å². The van der Waals surface area contributed by atoms with Crippen LogP contribution in [0.4, 0.5) is 0 Å². The first-order valence-electron chi connectivity index (χ1n) is 10.7. The largest absolute Gasteiger partial charge is 0.467 e. The monoisotopic (exact) mass is 443 g/mol. The summed E-state index contributed by atoms with van der Waals surface area (Å²) >= 11 is 5.79. The van der Waals surface area contributed by atoms with Gasteiger partial charge in [-0.15, -0.1) is 0 Å². The molecule has 0 bridgehead atoms. The van der Waals surface area contributed by atoms with Crippen LogP contribution in [0.5, 0.6) is 0 Å². The molecule has 0 spiro atoms. The number of hydrogen-bond acceptors (Lipinski definition) is 4. The molecule has 1 saturated heterocycles. The van der Waals surface area contributed by atoms with E-state index in [-0.39, 0.29) is 12.1 Å². The molecule has 1 aliphatic rings. The molecule has 162 valence electrons. The Balaban J connectivity index is 1.56. The number of pyridine rings is 2. The molecule has 0 saturated carbocycles. The third kappa shape index (κ3) is 3.80. The maximum absolute atomic E-state index is 5.79. The molecule has 4 aromatic rings. The minimum absolute atomic E-state index is 0.000102. The zero-order chi connectivity index (χ0) is 22.1. The van der Waals surface area contributed by atoms with Crippen LogP contribution in [0.3, 0.4) is 0 Å². The number of nitrogens with zero attached hydrogens (tertiary/aromatic N) is 4. The average molecular weight is 444 g/mol. The Morgan fingerprint density at radius 1 is 1.03 bits per heavy atom. The number of aromatic nitrogens is 3. The van der Waals surface area contributed by atoms with E-state index in [1.807, 2.05) is 42.9 Å². The third-order valence-corrected chi connectivity index (χ3v) is 6.48. The van der Waals surface area contributed by atoms with Gasteiger partial charge in [-0.25, -0.2) is 0 Å². The SMILES string of the molecule is Cc1cc([C@H]2[C@H](c3ccccn3)NC(=S)N2Cc2ccco2)c(C)n1Cc1ccncc1. The molecule has 0 unspecified atom stereocenters. The van der Waals surface area contributed by atoms with Crippen LogP contribution < -0.4 is 5.32 Å². The highest BCUT2D eigenvalue weighted by Gasteiger charge is 2.41. The standard InChI is InChI=1S/C25H25N5OS/c1-17-14-21(18(2)29(17)15-19-8-11-26-12-9-19)24-23(22-7-3-4-10-27-22)28-25(32)30(24)16-20-6-5-13-31-20/h3-14,23-24H,15-16H2,1-2H3,(H,28,32)/t23-,24-/m0/s1. The number of aryl methyl sites for hydroxylation is 1. The average Bonchev–Trinajstić information content (AvgIpc) is 3.51. The number of thiocarbonyl (C=S) groups is 1. The van der Waals surface area contributed by atoms with E-state index in [1.54, 1.807) is 6.26 Å². The fraction of sp³-hybridized carbons (Fsp3) is 0.240.